The van der Waals surface area contributed by atoms with Gasteiger partial charge in [-0.25, -0.2) is 0 Å². The summed E-state index contributed by atoms with van der Waals surface area (Å²) in [6, 6.07) is 26.7. The van der Waals surface area contributed by atoms with E-state index in [-0.39, 0.29) is 0 Å². The molecule has 3 aromatic carbocycles. The van der Waals surface area contributed by atoms with Crippen LogP contribution in [0.3, 0.4) is 0 Å². The van der Waals surface area contributed by atoms with Gasteiger partial charge >= 0.3 is 0 Å². The second kappa shape index (κ2) is 7.28. The van der Waals surface area contributed by atoms with E-state index >= 15 is 0 Å². The zero-order valence-electron chi connectivity index (χ0n) is 14.0. The zero-order valence-corrected chi connectivity index (χ0v) is 14.0. The van der Waals surface area contributed by atoms with Crippen molar-refractivity contribution in [3.8, 4) is 22.3 Å². The molecule has 0 radical (unpaired) electrons. The van der Waals surface area contributed by atoms with Crippen LogP contribution in [0.2, 0.25) is 0 Å². The van der Waals surface area contributed by atoms with Crippen molar-refractivity contribution in [3.05, 3.63) is 83.9 Å². The third-order valence-corrected chi connectivity index (χ3v) is 4.41. The lowest BCUT2D eigenvalue weighted by Gasteiger charge is -2.07. The van der Waals surface area contributed by atoms with Crippen LogP contribution < -0.4 is 0 Å². The van der Waals surface area contributed by atoms with Crippen LogP contribution in [0, 0.1) is 0 Å². The fourth-order valence-corrected chi connectivity index (χ4v) is 2.94. The van der Waals surface area contributed by atoms with E-state index in [1.54, 1.807) is 0 Å². The summed E-state index contributed by atoms with van der Waals surface area (Å²) >= 11 is 0. The van der Waals surface area contributed by atoms with Gasteiger partial charge in [-0.15, -0.1) is 0 Å². The Labute approximate surface area is 139 Å². The molecule has 0 nitrogen and oxygen atoms in total. The van der Waals surface area contributed by atoms with Crippen molar-refractivity contribution in [2.45, 2.75) is 33.1 Å². The van der Waals surface area contributed by atoms with Crippen LogP contribution in [0.1, 0.15) is 31.4 Å². The summed E-state index contributed by atoms with van der Waals surface area (Å²) in [5, 5.41) is 0. The molecule has 0 atom stereocenters. The number of rotatable bonds is 5. The van der Waals surface area contributed by atoms with E-state index in [9.17, 15) is 0 Å². The van der Waals surface area contributed by atoms with E-state index in [0.717, 1.165) is 12.8 Å². The summed E-state index contributed by atoms with van der Waals surface area (Å²) in [4.78, 5) is 0. The normalized spacial score (nSPS) is 10.7. The Morgan fingerprint density at radius 2 is 0.826 bits per heavy atom. The van der Waals surface area contributed by atoms with Gasteiger partial charge in [-0.2, -0.15) is 0 Å². The van der Waals surface area contributed by atoms with E-state index < -0.39 is 0 Å². The molecular formula is C23H24. The summed E-state index contributed by atoms with van der Waals surface area (Å²) in [7, 11) is 0. The highest BCUT2D eigenvalue weighted by Gasteiger charge is 2.01. The van der Waals surface area contributed by atoms with E-state index in [1.807, 2.05) is 0 Å². The first-order chi connectivity index (χ1) is 11.3. The smallest absolute Gasteiger partial charge is 0.0184 e. The molecule has 3 rings (SSSR count). The van der Waals surface area contributed by atoms with Gasteiger partial charge in [0.1, 0.15) is 0 Å². The lowest BCUT2D eigenvalue weighted by Crippen LogP contribution is -1.84. The van der Waals surface area contributed by atoms with Crippen LogP contribution in [0.4, 0.5) is 0 Å². The Balaban J connectivity index is 1.80. The molecule has 0 aliphatic rings. The fraction of sp³-hybridized carbons (Fsp3) is 0.217. The molecule has 0 spiro atoms. The Morgan fingerprint density at radius 1 is 0.478 bits per heavy atom. The van der Waals surface area contributed by atoms with Crippen molar-refractivity contribution in [3.63, 3.8) is 0 Å². The van der Waals surface area contributed by atoms with Gasteiger partial charge < -0.3 is 0 Å². The highest BCUT2D eigenvalue weighted by Crippen LogP contribution is 2.25. The average molecular weight is 300 g/mol. The molecule has 0 saturated heterocycles. The monoisotopic (exact) mass is 300 g/mol. The first-order valence-electron chi connectivity index (χ1n) is 8.59. The van der Waals surface area contributed by atoms with Crippen LogP contribution >= 0.6 is 0 Å². The fourth-order valence-electron chi connectivity index (χ4n) is 2.94. The van der Waals surface area contributed by atoms with Gasteiger partial charge in [0, 0.05) is 0 Å². The topological polar surface area (TPSA) is 0 Å². The highest BCUT2D eigenvalue weighted by atomic mass is 14.1. The Bertz CT molecular complexity index is 732. The SMILES string of the molecule is CCCc1ccc(-c2ccc(-c3ccc(CC)cc3)cc2)cc1. The lowest BCUT2D eigenvalue weighted by molar-refractivity contribution is 0.922. The molecule has 0 aliphatic heterocycles. The molecule has 0 aromatic heterocycles. The van der Waals surface area contributed by atoms with Crippen molar-refractivity contribution in [1.29, 1.82) is 0 Å². The minimum atomic E-state index is 1.09. The predicted molar refractivity (Wildman–Crippen MR) is 101 cm³/mol. The molecule has 0 aliphatic carbocycles. The maximum Gasteiger partial charge on any atom is -0.0184 e. The summed E-state index contributed by atoms with van der Waals surface area (Å²) in [6.07, 6.45) is 3.45. The second-order valence-electron chi connectivity index (χ2n) is 6.07. The molecule has 116 valence electrons. The van der Waals surface area contributed by atoms with E-state index in [0.29, 0.717) is 0 Å². The largest absolute Gasteiger partial charge is 0.0651 e. The van der Waals surface area contributed by atoms with Crippen molar-refractivity contribution in [2.24, 2.45) is 0 Å². The first kappa shape index (κ1) is 15.6. The van der Waals surface area contributed by atoms with Crippen molar-refractivity contribution >= 4 is 0 Å². The Kier molecular flexibility index (Phi) is 4.92. The van der Waals surface area contributed by atoms with Gasteiger partial charge in [0.25, 0.3) is 0 Å². The van der Waals surface area contributed by atoms with Crippen LogP contribution in [0.15, 0.2) is 72.8 Å². The van der Waals surface area contributed by atoms with Crippen LogP contribution in [-0.4, -0.2) is 0 Å². The molecule has 0 saturated carbocycles. The molecule has 0 fully saturated rings. The third kappa shape index (κ3) is 3.71. The minimum Gasteiger partial charge on any atom is -0.0651 e. The van der Waals surface area contributed by atoms with Crippen LogP contribution in [0.5, 0.6) is 0 Å². The van der Waals surface area contributed by atoms with Crippen molar-refractivity contribution in [1.82, 2.24) is 0 Å². The molecule has 3 aromatic rings. The van der Waals surface area contributed by atoms with Crippen molar-refractivity contribution in [2.75, 3.05) is 0 Å². The average Bonchev–Trinajstić information content (AvgIpc) is 2.63. The molecule has 0 heterocycles. The minimum absolute atomic E-state index is 1.09. The lowest BCUT2D eigenvalue weighted by atomic mass is 9.98. The molecule has 0 unspecified atom stereocenters. The summed E-state index contributed by atoms with van der Waals surface area (Å²) in [5.41, 5.74) is 7.94. The third-order valence-electron chi connectivity index (χ3n) is 4.41. The van der Waals surface area contributed by atoms with E-state index in [2.05, 4.69) is 86.6 Å². The standard InChI is InChI=1S/C23H24/c1-3-5-19-8-12-21(13-9-19)23-16-14-22(15-17-23)20-10-6-18(4-2)7-11-20/h6-17H,3-5H2,1-2H3. The van der Waals surface area contributed by atoms with Gasteiger partial charge in [0.2, 0.25) is 0 Å². The second-order valence-corrected chi connectivity index (χ2v) is 6.07. The Morgan fingerprint density at radius 3 is 1.17 bits per heavy atom. The quantitative estimate of drug-likeness (QED) is 0.502. The van der Waals surface area contributed by atoms with Crippen LogP contribution in [-0.2, 0) is 12.8 Å². The van der Waals surface area contributed by atoms with E-state index in [1.165, 1.54) is 39.8 Å². The number of aryl methyl sites for hydroxylation is 2. The number of hydrogen-bond acceptors (Lipinski definition) is 0. The number of hydrogen-bond donors (Lipinski definition) is 0. The number of benzene rings is 3. The first-order valence-corrected chi connectivity index (χ1v) is 8.59. The van der Waals surface area contributed by atoms with E-state index in [4.69, 9.17) is 0 Å². The highest BCUT2D eigenvalue weighted by molar-refractivity contribution is 5.70. The van der Waals surface area contributed by atoms with Gasteiger partial charge in [-0.3, -0.25) is 0 Å². The molecule has 0 amide bonds. The van der Waals surface area contributed by atoms with Gasteiger partial charge in [0.15, 0.2) is 0 Å². The molecule has 23 heavy (non-hydrogen) atoms. The molecule has 0 N–H and O–H groups in total. The van der Waals surface area contributed by atoms with Crippen LogP contribution in [0.25, 0.3) is 22.3 Å². The Hall–Kier alpha value is -2.34. The van der Waals surface area contributed by atoms with Gasteiger partial charge in [0.05, 0.1) is 0 Å². The summed E-state index contributed by atoms with van der Waals surface area (Å²) in [5.74, 6) is 0. The molecule has 0 bridgehead atoms. The predicted octanol–water partition coefficient (Wildman–Crippen LogP) is 6.54. The van der Waals surface area contributed by atoms with Crippen molar-refractivity contribution < 1.29 is 0 Å². The maximum absolute atomic E-state index is 2.25. The summed E-state index contributed by atoms with van der Waals surface area (Å²) in [6.45, 7) is 4.41. The summed E-state index contributed by atoms with van der Waals surface area (Å²) < 4.78 is 0. The molecule has 0 heteroatoms. The zero-order chi connectivity index (χ0) is 16.1. The van der Waals surface area contributed by atoms with Gasteiger partial charge in [-0.1, -0.05) is 93.1 Å². The molecular weight excluding hydrogens is 276 g/mol. The van der Waals surface area contributed by atoms with Gasteiger partial charge in [-0.05, 0) is 46.2 Å². The maximum atomic E-state index is 2.25.